The maximum Gasteiger partial charge on any atom is 0.267 e. The SMILES string of the molecule is O=C([C@H]1COc2ccccc2O1)N1CCN(Cc2ccc(Br)cc2F)CC1. The summed E-state index contributed by atoms with van der Waals surface area (Å²) in [5, 5.41) is 0. The van der Waals surface area contributed by atoms with E-state index in [-0.39, 0.29) is 18.3 Å². The molecule has 1 atom stereocenters. The van der Waals surface area contributed by atoms with Crippen LogP contribution >= 0.6 is 15.9 Å². The monoisotopic (exact) mass is 434 g/mol. The number of hydrogen-bond donors (Lipinski definition) is 0. The maximum atomic E-state index is 14.0. The van der Waals surface area contributed by atoms with Crippen LogP contribution in [0.4, 0.5) is 4.39 Å². The third-order valence-corrected chi connectivity index (χ3v) is 5.37. The number of piperazine rings is 1. The molecule has 7 heteroatoms. The Labute approximate surface area is 165 Å². The molecule has 27 heavy (non-hydrogen) atoms. The Balaban J connectivity index is 1.32. The van der Waals surface area contributed by atoms with E-state index in [1.54, 1.807) is 17.0 Å². The van der Waals surface area contributed by atoms with Gasteiger partial charge in [-0.3, -0.25) is 9.69 Å². The van der Waals surface area contributed by atoms with Crippen molar-refractivity contribution in [1.82, 2.24) is 9.80 Å². The molecule has 0 saturated carbocycles. The van der Waals surface area contributed by atoms with E-state index in [2.05, 4.69) is 20.8 Å². The summed E-state index contributed by atoms with van der Waals surface area (Å²) in [6, 6.07) is 12.5. The highest BCUT2D eigenvalue weighted by Gasteiger charge is 2.32. The van der Waals surface area contributed by atoms with Crippen LogP contribution in [0.2, 0.25) is 0 Å². The highest BCUT2D eigenvalue weighted by molar-refractivity contribution is 9.10. The molecule has 142 valence electrons. The molecule has 0 aromatic heterocycles. The van der Waals surface area contributed by atoms with Crippen molar-refractivity contribution in [3.8, 4) is 11.5 Å². The van der Waals surface area contributed by atoms with Crippen LogP contribution in [-0.2, 0) is 11.3 Å². The van der Waals surface area contributed by atoms with Gasteiger partial charge in [0.2, 0.25) is 6.10 Å². The van der Waals surface area contributed by atoms with Crippen LogP contribution in [0.3, 0.4) is 0 Å². The van der Waals surface area contributed by atoms with Crippen LogP contribution in [-0.4, -0.2) is 54.6 Å². The Morgan fingerprint density at radius 1 is 1.11 bits per heavy atom. The molecule has 1 fully saturated rings. The number of amides is 1. The van der Waals surface area contributed by atoms with E-state index in [1.165, 1.54) is 6.07 Å². The van der Waals surface area contributed by atoms with E-state index in [1.807, 2.05) is 24.3 Å². The van der Waals surface area contributed by atoms with Crippen LogP contribution in [0.1, 0.15) is 5.56 Å². The van der Waals surface area contributed by atoms with Crippen LogP contribution in [0.25, 0.3) is 0 Å². The molecule has 0 radical (unpaired) electrons. The number of para-hydroxylation sites is 2. The Hall–Kier alpha value is -2.12. The van der Waals surface area contributed by atoms with Gasteiger partial charge >= 0.3 is 0 Å². The second-order valence-corrected chi connectivity index (χ2v) is 7.62. The summed E-state index contributed by atoms with van der Waals surface area (Å²) < 4.78 is 26.2. The zero-order valence-corrected chi connectivity index (χ0v) is 16.3. The first kappa shape index (κ1) is 18.3. The van der Waals surface area contributed by atoms with Crippen molar-refractivity contribution in [2.75, 3.05) is 32.8 Å². The molecule has 0 aliphatic carbocycles. The molecule has 0 spiro atoms. The fraction of sp³-hybridized carbons (Fsp3) is 0.350. The summed E-state index contributed by atoms with van der Waals surface area (Å²) in [5.74, 6) is 1.00. The van der Waals surface area contributed by atoms with Gasteiger partial charge in [-0.15, -0.1) is 0 Å². The van der Waals surface area contributed by atoms with Crippen LogP contribution in [0.5, 0.6) is 11.5 Å². The summed E-state index contributed by atoms with van der Waals surface area (Å²) in [6.07, 6.45) is -0.615. The molecule has 1 amide bonds. The fourth-order valence-corrected chi connectivity index (χ4v) is 3.70. The van der Waals surface area contributed by atoms with Crippen molar-refractivity contribution >= 4 is 21.8 Å². The number of rotatable bonds is 3. The van der Waals surface area contributed by atoms with Gasteiger partial charge < -0.3 is 14.4 Å². The number of carbonyl (C=O) groups excluding carboxylic acids is 1. The van der Waals surface area contributed by atoms with Crippen molar-refractivity contribution in [1.29, 1.82) is 0 Å². The van der Waals surface area contributed by atoms with Crippen LogP contribution in [0, 0.1) is 5.82 Å². The quantitative estimate of drug-likeness (QED) is 0.744. The Bertz CT molecular complexity index is 840. The Kier molecular flexibility index (Phi) is 5.31. The molecule has 2 aromatic carbocycles. The Morgan fingerprint density at radius 3 is 2.59 bits per heavy atom. The lowest BCUT2D eigenvalue weighted by Gasteiger charge is -2.37. The largest absolute Gasteiger partial charge is 0.485 e. The molecular formula is C20H20BrFN2O3. The molecule has 1 saturated heterocycles. The second kappa shape index (κ2) is 7.86. The minimum absolute atomic E-state index is 0.0565. The second-order valence-electron chi connectivity index (χ2n) is 6.70. The lowest BCUT2D eigenvalue weighted by molar-refractivity contribution is -0.143. The molecule has 2 aliphatic heterocycles. The number of benzene rings is 2. The molecule has 0 unspecified atom stereocenters. The third kappa shape index (κ3) is 4.09. The molecule has 2 heterocycles. The molecule has 5 nitrogen and oxygen atoms in total. The van der Waals surface area contributed by atoms with E-state index >= 15 is 0 Å². The minimum atomic E-state index is -0.615. The van der Waals surface area contributed by atoms with Crippen LogP contribution in [0.15, 0.2) is 46.9 Å². The standard InChI is InChI=1S/C20H20BrFN2O3/c21-15-6-5-14(16(22)11-15)12-23-7-9-24(10-8-23)20(25)19-13-26-17-3-1-2-4-18(17)27-19/h1-6,11,19H,7-10,12-13H2/t19-/m1/s1. The van der Waals surface area contributed by atoms with Crippen molar-refractivity contribution in [3.63, 3.8) is 0 Å². The molecule has 0 bridgehead atoms. The normalized spacial score (nSPS) is 19.8. The van der Waals surface area contributed by atoms with E-state index in [0.717, 1.165) is 4.47 Å². The van der Waals surface area contributed by atoms with E-state index in [4.69, 9.17) is 9.47 Å². The predicted molar refractivity (Wildman–Crippen MR) is 102 cm³/mol. The number of ether oxygens (including phenoxy) is 2. The van der Waals surface area contributed by atoms with Gasteiger partial charge in [0, 0.05) is 42.8 Å². The summed E-state index contributed by atoms with van der Waals surface area (Å²) in [5.41, 5.74) is 0.665. The average Bonchev–Trinajstić information content (AvgIpc) is 2.70. The van der Waals surface area contributed by atoms with Crippen LogP contribution < -0.4 is 9.47 Å². The average molecular weight is 435 g/mol. The first-order chi connectivity index (χ1) is 13.1. The fourth-order valence-electron chi connectivity index (χ4n) is 3.36. The lowest BCUT2D eigenvalue weighted by atomic mass is 10.1. The van der Waals surface area contributed by atoms with Crippen molar-refractivity contribution in [2.45, 2.75) is 12.6 Å². The van der Waals surface area contributed by atoms with Gasteiger partial charge in [0.25, 0.3) is 5.91 Å². The number of nitrogens with zero attached hydrogens (tertiary/aromatic N) is 2. The first-order valence-corrected chi connectivity index (χ1v) is 9.73. The van der Waals surface area contributed by atoms with Crippen molar-refractivity contribution < 1.29 is 18.7 Å². The van der Waals surface area contributed by atoms with Crippen molar-refractivity contribution in [3.05, 3.63) is 58.3 Å². The molecule has 2 aromatic rings. The van der Waals surface area contributed by atoms with Gasteiger partial charge in [-0.2, -0.15) is 0 Å². The summed E-state index contributed by atoms with van der Waals surface area (Å²) >= 11 is 3.27. The van der Waals surface area contributed by atoms with E-state index in [0.29, 0.717) is 49.8 Å². The number of hydrogen-bond acceptors (Lipinski definition) is 4. The third-order valence-electron chi connectivity index (χ3n) is 4.88. The predicted octanol–water partition coefficient (Wildman–Crippen LogP) is 3.07. The smallest absolute Gasteiger partial charge is 0.267 e. The highest BCUT2D eigenvalue weighted by atomic mass is 79.9. The number of halogens is 2. The summed E-state index contributed by atoms with van der Waals surface area (Å²) in [7, 11) is 0. The molecule has 0 N–H and O–H groups in total. The zero-order valence-electron chi connectivity index (χ0n) is 14.7. The first-order valence-electron chi connectivity index (χ1n) is 8.94. The maximum absolute atomic E-state index is 14.0. The van der Waals surface area contributed by atoms with Crippen molar-refractivity contribution in [2.24, 2.45) is 0 Å². The Morgan fingerprint density at radius 2 is 1.85 bits per heavy atom. The van der Waals surface area contributed by atoms with Gasteiger partial charge in [-0.1, -0.05) is 34.1 Å². The topological polar surface area (TPSA) is 42.0 Å². The molecule has 2 aliphatic rings. The van der Waals surface area contributed by atoms with E-state index in [9.17, 15) is 9.18 Å². The number of fused-ring (bicyclic) bond motifs is 1. The van der Waals surface area contributed by atoms with Gasteiger partial charge in [-0.25, -0.2) is 4.39 Å². The van der Waals surface area contributed by atoms with Gasteiger partial charge in [0.05, 0.1) is 0 Å². The zero-order chi connectivity index (χ0) is 18.8. The summed E-state index contributed by atoms with van der Waals surface area (Å²) in [6.45, 7) is 3.35. The molecular weight excluding hydrogens is 415 g/mol. The van der Waals surface area contributed by atoms with Gasteiger partial charge in [-0.05, 0) is 24.3 Å². The highest BCUT2D eigenvalue weighted by Crippen LogP contribution is 2.31. The number of carbonyl (C=O) groups is 1. The minimum Gasteiger partial charge on any atom is -0.485 e. The van der Waals surface area contributed by atoms with Gasteiger partial charge in [0.1, 0.15) is 12.4 Å². The lowest BCUT2D eigenvalue weighted by Crippen LogP contribution is -2.53. The van der Waals surface area contributed by atoms with Gasteiger partial charge in [0.15, 0.2) is 11.5 Å². The molecule has 4 rings (SSSR count). The van der Waals surface area contributed by atoms with E-state index < -0.39 is 6.10 Å². The summed E-state index contributed by atoms with van der Waals surface area (Å²) in [4.78, 5) is 16.7.